The van der Waals surface area contributed by atoms with Crippen LogP contribution in [0.4, 0.5) is 0 Å². The molecule has 4 heteroatoms. The van der Waals surface area contributed by atoms with Crippen LogP contribution >= 0.6 is 0 Å². The minimum Gasteiger partial charge on any atom is -0.350 e. The molecular weight excluding hydrogens is 238 g/mol. The van der Waals surface area contributed by atoms with Gasteiger partial charge in [0.25, 0.3) is 5.91 Å². The summed E-state index contributed by atoms with van der Waals surface area (Å²) in [5.41, 5.74) is 0.827. The molecule has 19 heavy (non-hydrogen) atoms. The number of piperidine rings is 1. The van der Waals surface area contributed by atoms with Gasteiger partial charge >= 0.3 is 0 Å². The molecule has 1 unspecified atom stereocenters. The maximum Gasteiger partial charge on any atom is 0.267 e. The lowest BCUT2D eigenvalue weighted by molar-refractivity contribution is 0.0929. The summed E-state index contributed by atoms with van der Waals surface area (Å²) in [6.45, 7) is 2.95. The number of nitrogens with one attached hydrogen (secondary N) is 2. The summed E-state index contributed by atoms with van der Waals surface area (Å²) in [4.78, 5) is 12.3. The summed E-state index contributed by atoms with van der Waals surface area (Å²) in [6.07, 6.45) is 8.19. The highest BCUT2D eigenvalue weighted by molar-refractivity contribution is 5.92. The van der Waals surface area contributed by atoms with E-state index in [1.54, 1.807) is 0 Å². The number of carbonyl (C=O) groups is 1. The van der Waals surface area contributed by atoms with Crippen molar-refractivity contribution in [1.29, 1.82) is 0 Å². The van der Waals surface area contributed by atoms with Gasteiger partial charge in [0, 0.05) is 18.8 Å². The van der Waals surface area contributed by atoms with Gasteiger partial charge in [-0.25, -0.2) is 0 Å². The molecule has 2 N–H and O–H groups in total. The van der Waals surface area contributed by atoms with Crippen molar-refractivity contribution in [2.24, 2.45) is 5.92 Å². The van der Waals surface area contributed by atoms with E-state index in [4.69, 9.17) is 0 Å². The van der Waals surface area contributed by atoms with Gasteiger partial charge < -0.3 is 15.2 Å². The van der Waals surface area contributed by atoms with E-state index in [0.29, 0.717) is 12.0 Å². The minimum absolute atomic E-state index is 0.0856. The second-order valence-electron chi connectivity index (χ2n) is 5.81. The van der Waals surface area contributed by atoms with Gasteiger partial charge in [-0.05, 0) is 63.2 Å². The number of hydrogen-bond donors (Lipinski definition) is 2. The van der Waals surface area contributed by atoms with Crippen LogP contribution in [0.15, 0.2) is 18.3 Å². The van der Waals surface area contributed by atoms with Crippen LogP contribution in [0.1, 0.15) is 48.6 Å². The van der Waals surface area contributed by atoms with Gasteiger partial charge in [0.05, 0.1) is 0 Å². The minimum atomic E-state index is 0.0856. The van der Waals surface area contributed by atoms with Crippen molar-refractivity contribution in [3.63, 3.8) is 0 Å². The van der Waals surface area contributed by atoms with Gasteiger partial charge in [-0.2, -0.15) is 0 Å². The molecule has 1 saturated heterocycles. The van der Waals surface area contributed by atoms with Crippen molar-refractivity contribution in [3.8, 4) is 0 Å². The van der Waals surface area contributed by atoms with Crippen molar-refractivity contribution in [2.45, 2.75) is 38.1 Å². The Hall–Kier alpha value is -1.29. The van der Waals surface area contributed by atoms with Crippen molar-refractivity contribution in [2.75, 3.05) is 19.6 Å². The zero-order chi connectivity index (χ0) is 13.1. The first kappa shape index (κ1) is 12.7. The van der Waals surface area contributed by atoms with Gasteiger partial charge in [0.1, 0.15) is 5.69 Å². The van der Waals surface area contributed by atoms with E-state index >= 15 is 0 Å². The molecule has 1 amide bonds. The average Bonchev–Trinajstić information content (AvgIpc) is 2.84. The summed E-state index contributed by atoms with van der Waals surface area (Å²) in [5.74, 6) is 0.673. The number of nitrogens with zero attached hydrogens (tertiary/aromatic N) is 1. The third-order valence-electron chi connectivity index (χ3n) is 4.43. The van der Waals surface area contributed by atoms with E-state index in [9.17, 15) is 4.79 Å². The van der Waals surface area contributed by atoms with Gasteiger partial charge in [0.2, 0.25) is 0 Å². The topological polar surface area (TPSA) is 46.1 Å². The molecule has 0 bridgehead atoms. The standard InChI is InChI=1S/C15H23N3O/c19-15(17-11-12-4-2-8-16-10-12)14-7-3-9-18(14)13-5-1-6-13/h3,7,9,12-13,16H,1-2,4-6,8,10-11H2,(H,17,19). The average molecular weight is 261 g/mol. The van der Waals surface area contributed by atoms with E-state index in [0.717, 1.165) is 25.3 Å². The Morgan fingerprint density at radius 2 is 2.26 bits per heavy atom. The predicted molar refractivity (Wildman–Crippen MR) is 75.2 cm³/mol. The van der Waals surface area contributed by atoms with Gasteiger partial charge in [-0.15, -0.1) is 0 Å². The molecule has 0 spiro atoms. The first-order valence-electron chi connectivity index (χ1n) is 7.50. The highest BCUT2D eigenvalue weighted by atomic mass is 16.1. The third-order valence-corrected chi connectivity index (χ3v) is 4.43. The molecule has 0 aromatic carbocycles. The number of aromatic nitrogens is 1. The fraction of sp³-hybridized carbons (Fsp3) is 0.667. The van der Waals surface area contributed by atoms with Crippen LogP contribution in [0.2, 0.25) is 0 Å². The summed E-state index contributed by atoms with van der Waals surface area (Å²) in [6, 6.07) is 4.47. The zero-order valence-electron chi connectivity index (χ0n) is 11.4. The van der Waals surface area contributed by atoms with Gasteiger partial charge in [0.15, 0.2) is 0 Å². The van der Waals surface area contributed by atoms with E-state index < -0.39 is 0 Å². The lowest BCUT2D eigenvalue weighted by Gasteiger charge is -2.29. The molecule has 2 heterocycles. The molecule has 1 aromatic heterocycles. The molecule has 3 rings (SSSR count). The van der Waals surface area contributed by atoms with Crippen LogP contribution in [0, 0.1) is 5.92 Å². The Morgan fingerprint density at radius 3 is 2.95 bits per heavy atom. The number of amides is 1. The lowest BCUT2D eigenvalue weighted by Crippen LogP contribution is -2.38. The Balaban J connectivity index is 1.56. The predicted octanol–water partition coefficient (Wildman–Crippen LogP) is 1.94. The zero-order valence-corrected chi connectivity index (χ0v) is 11.4. The Kier molecular flexibility index (Phi) is 3.87. The van der Waals surface area contributed by atoms with Crippen LogP contribution in [0.3, 0.4) is 0 Å². The molecule has 0 radical (unpaired) electrons. The summed E-state index contributed by atoms with van der Waals surface area (Å²) in [5, 5.41) is 6.48. The third kappa shape index (κ3) is 2.84. The number of rotatable bonds is 4. The summed E-state index contributed by atoms with van der Waals surface area (Å²) >= 11 is 0. The maximum atomic E-state index is 12.3. The first-order valence-corrected chi connectivity index (χ1v) is 7.50. The van der Waals surface area contributed by atoms with Crippen LogP contribution in [0.25, 0.3) is 0 Å². The maximum absolute atomic E-state index is 12.3. The lowest BCUT2D eigenvalue weighted by atomic mass is 9.93. The Bertz CT molecular complexity index is 430. The molecular formula is C15H23N3O. The molecule has 4 nitrogen and oxygen atoms in total. The molecule has 1 atom stereocenters. The molecule has 1 saturated carbocycles. The normalized spacial score (nSPS) is 23.9. The first-order chi connectivity index (χ1) is 9.34. The highest BCUT2D eigenvalue weighted by Gasteiger charge is 2.23. The van der Waals surface area contributed by atoms with Crippen molar-refractivity contribution >= 4 is 5.91 Å². The second-order valence-corrected chi connectivity index (χ2v) is 5.81. The smallest absolute Gasteiger partial charge is 0.267 e. The monoisotopic (exact) mass is 261 g/mol. The largest absolute Gasteiger partial charge is 0.350 e. The molecule has 1 aliphatic carbocycles. The highest BCUT2D eigenvalue weighted by Crippen LogP contribution is 2.32. The molecule has 1 aliphatic heterocycles. The fourth-order valence-corrected chi connectivity index (χ4v) is 3.00. The molecule has 2 fully saturated rings. The van der Waals surface area contributed by atoms with Crippen molar-refractivity contribution in [3.05, 3.63) is 24.0 Å². The van der Waals surface area contributed by atoms with Gasteiger partial charge in [-0.3, -0.25) is 4.79 Å². The van der Waals surface area contributed by atoms with E-state index in [-0.39, 0.29) is 5.91 Å². The van der Waals surface area contributed by atoms with E-state index in [1.807, 2.05) is 18.3 Å². The van der Waals surface area contributed by atoms with Gasteiger partial charge in [-0.1, -0.05) is 0 Å². The SMILES string of the molecule is O=C(NCC1CCCNC1)c1cccn1C1CCC1. The van der Waals surface area contributed by atoms with E-state index in [2.05, 4.69) is 15.2 Å². The van der Waals surface area contributed by atoms with Crippen LogP contribution in [-0.4, -0.2) is 30.1 Å². The summed E-state index contributed by atoms with van der Waals surface area (Å²) in [7, 11) is 0. The van der Waals surface area contributed by atoms with Crippen LogP contribution < -0.4 is 10.6 Å². The van der Waals surface area contributed by atoms with Crippen LogP contribution in [0.5, 0.6) is 0 Å². The van der Waals surface area contributed by atoms with Crippen LogP contribution in [-0.2, 0) is 0 Å². The quantitative estimate of drug-likeness (QED) is 0.870. The second kappa shape index (κ2) is 5.78. The molecule has 2 aliphatic rings. The number of carbonyl (C=O) groups excluding carboxylic acids is 1. The number of hydrogen-bond acceptors (Lipinski definition) is 2. The Labute approximate surface area is 114 Å². The molecule has 104 valence electrons. The molecule has 1 aromatic rings. The van der Waals surface area contributed by atoms with Crippen molar-refractivity contribution in [1.82, 2.24) is 15.2 Å². The fourth-order valence-electron chi connectivity index (χ4n) is 3.00. The van der Waals surface area contributed by atoms with E-state index in [1.165, 1.54) is 32.1 Å². The summed E-state index contributed by atoms with van der Waals surface area (Å²) < 4.78 is 2.15. The van der Waals surface area contributed by atoms with Crippen molar-refractivity contribution < 1.29 is 4.79 Å². The Morgan fingerprint density at radius 1 is 1.37 bits per heavy atom.